The highest BCUT2D eigenvalue weighted by atomic mass is 35.5. The molecule has 1 aliphatic carbocycles. The maximum Gasteiger partial charge on any atom is 0.231 e. The number of rotatable bonds is 3. The van der Waals surface area contributed by atoms with Gasteiger partial charge in [-0.1, -0.05) is 0 Å². The first-order chi connectivity index (χ1) is 7.76. The minimum Gasteiger partial charge on any atom is -0.341 e. The Bertz CT molecular complexity index is 457. The second kappa shape index (κ2) is 3.89. The molecule has 0 bridgehead atoms. The van der Waals surface area contributed by atoms with E-state index in [2.05, 4.69) is 5.10 Å². The number of aryl methyl sites for hydroxylation is 1. The van der Waals surface area contributed by atoms with Crippen molar-refractivity contribution in [1.82, 2.24) is 14.7 Å². The number of hydrogen-bond donors (Lipinski definition) is 0. The van der Waals surface area contributed by atoms with E-state index in [4.69, 9.17) is 23.2 Å². The van der Waals surface area contributed by atoms with E-state index in [1.54, 1.807) is 29.7 Å². The van der Waals surface area contributed by atoms with Crippen LogP contribution < -0.4 is 0 Å². The second-order valence-corrected chi connectivity index (χ2v) is 6.38. The summed E-state index contributed by atoms with van der Waals surface area (Å²) in [5.41, 5.74) is 0.343. The lowest BCUT2D eigenvalue weighted by Gasteiger charge is -2.21. The number of hydrogen-bond acceptors (Lipinski definition) is 2. The van der Waals surface area contributed by atoms with Crippen LogP contribution in [0.2, 0.25) is 0 Å². The molecule has 6 heteroatoms. The van der Waals surface area contributed by atoms with Crippen LogP contribution in [0.5, 0.6) is 0 Å². The molecule has 17 heavy (non-hydrogen) atoms. The highest BCUT2D eigenvalue weighted by Crippen LogP contribution is 2.64. The summed E-state index contributed by atoms with van der Waals surface area (Å²) in [6.45, 7) is 2.32. The Balaban J connectivity index is 2.02. The molecule has 4 nitrogen and oxygen atoms in total. The lowest BCUT2D eigenvalue weighted by atomic mass is 10.1. The monoisotopic (exact) mass is 275 g/mol. The summed E-state index contributed by atoms with van der Waals surface area (Å²) in [5.74, 6) is -0.0219. The van der Waals surface area contributed by atoms with Crippen molar-refractivity contribution in [3.05, 3.63) is 18.0 Å². The highest BCUT2D eigenvalue weighted by molar-refractivity contribution is 6.53. The van der Waals surface area contributed by atoms with Crippen molar-refractivity contribution in [3.63, 3.8) is 0 Å². The third kappa shape index (κ3) is 2.16. The van der Waals surface area contributed by atoms with Gasteiger partial charge in [-0.05, 0) is 13.3 Å². The lowest BCUT2D eigenvalue weighted by molar-refractivity contribution is -0.135. The smallest absolute Gasteiger partial charge is 0.231 e. The van der Waals surface area contributed by atoms with Gasteiger partial charge in [-0.3, -0.25) is 9.48 Å². The Kier molecular flexibility index (Phi) is 2.91. The van der Waals surface area contributed by atoms with E-state index in [0.29, 0.717) is 13.0 Å². The van der Waals surface area contributed by atoms with Crippen LogP contribution in [0.15, 0.2) is 12.4 Å². The summed E-state index contributed by atoms with van der Waals surface area (Å²) in [7, 11) is 3.60. The zero-order chi connectivity index (χ0) is 12.8. The molecule has 1 aromatic rings. The van der Waals surface area contributed by atoms with E-state index >= 15 is 0 Å². The molecule has 1 aromatic heterocycles. The number of aromatic nitrogens is 2. The molecule has 0 spiro atoms. The summed E-state index contributed by atoms with van der Waals surface area (Å²) in [6, 6.07) is 0. The lowest BCUT2D eigenvalue weighted by Crippen LogP contribution is -2.34. The fourth-order valence-corrected chi connectivity index (χ4v) is 2.65. The third-order valence-electron chi connectivity index (χ3n) is 3.25. The Morgan fingerprint density at radius 1 is 1.65 bits per heavy atom. The van der Waals surface area contributed by atoms with Crippen LogP contribution in [-0.4, -0.2) is 32.0 Å². The first-order valence-corrected chi connectivity index (χ1v) is 6.13. The van der Waals surface area contributed by atoms with Crippen LogP contribution in [0.3, 0.4) is 0 Å². The number of nitrogens with zero attached hydrogens (tertiary/aromatic N) is 3. The third-order valence-corrected chi connectivity index (χ3v) is 4.36. The Labute approximate surface area is 110 Å². The van der Waals surface area contributed by atoms with Crippen molar-refractivity contribution < 1.29 is 4.79 Å². The van der Waals surface area contributed by atoms with Gasteiger partial charge in [0.1, 0.15) is 4.33 Å². The van der Waals surface area contributed by atoms with Crippen LogP contribution in [0.1, 0.15) is 18.9 Å². The molecular weight excluding hydrogens is 261 g/mol. The molecule has 0 saturated heterocycles. The summed E-state index contributed by atoms with van der Waals surface area (Å²) in [5, 5.41) is 4.06. The number of amides is 1. The van der Waals surface area contributed by atoms with Gasteiger partial charge in [-0.25, -0.2) is 0 Å². The molecule has 1 saturated carbocycles. The van der Waals surface area contributed by atoms with E-state index in [1.165, 1.54) is 0 Å². The molecule has 0 aromatic carbocycles. The Hall–Kier alpha value is -0.740. The molecule has 1 unspecified atom stereocenters. The first kappa shape index (κ1) is 12.7. The summed E-state index contributed by atoms with van der Waals surface area (Å²) in [6.07, 6.45) is 4.14. The van der Waals surface area contributed by atoms with Gasteiger partial charge in [-0.2, -0.15) is 5.10 Å². The number of carbonyl (C=O) groups is 1. The van der Waals surface area contributed by atoms with Gasteiger partial charge in [-0.15, -0.1) is 23.2 Å². The fraction of sp³-hybridized carbons (Fsp3) is 0.636. The standard InChI is InChI=1S/C11H15Cl2N3O/c1-10(7-11(10,12)13)9(17)15(2)5-8-4-14-16(3)6-8/h4,6H,5,7H2,1-3H3. The first-order valence-electron chi connectivity index (χ1n) is 5.37. The number of alkyl halides is 2. The van der Waals surface area contributed by atoms with Crippen molar-refractivity contribution >= 4 is 29.1 Å². The molecule has 1 amide bonds. The van der Waals surface area contributed by atoms with Crippen LogP contribution in [0.4, 0.5) is 0 Å². The van der Waals surface area contributed by atoms with Crippen LogP contribution in [0.25, 0.3) is 0 Å². The molecule has 2 rings (SSSR count). The minimum atomic E-state index is -0.909. The molecule has 1 atom stereocenters. The molecule has 1 aliphatic rings. The summed E-state index contributed by atoms with van der Waals surface area (Å²) >= 11 is 12.0. The number of carbonyl (C=O) groups excluding carboxylic acids is 1. The van der Waals surface area contributed by atoms with Gasteiger partial charge < -0.3 is 4.90 Å². The van der Waals surface area contributed by atoms with Gasteiger partial charge in [0.25, 0.3) is 0 Å². The predicted molar refractivity (Wildman–Crippen MR) is 66.8 cm³/mol. The van der Waals surface area contributed by atoms with Gasteiger partial charge in [0.2, 0.25) is 5.91 Å². The van der Waals surface area contributed by atoms with Crippen molar-refractivity contribution in [2.24, 2.45) is 12.5 Å². The molecule has 0 N–H and O–H groups in total. The average Bonchev–Trinajstić information content (AvgIpc) is 2.58. The molecule has 0 radical (unpaired) electrons. The van der Waals surface area contributed by atoms with E-state index in [0.717, 1.165) is 5.56 Å². The molecule has 1 heterocycles. The van der Waals surface area contributed by atoms with Gasteiger partial charge >= 0.3 is 0 Å². The Morgan fingerprint density at radius 2 is 2.24 bits per heavy atom. The normalized spacial score (nSPS) is 25.7. The maximum absolute atomic E-state index is 12.2. The van der Waals surface area contributed by atoms with Crippen LogP contribution >= 0.6 is 23.2 Å². The van der Waals surface area contributed by atoms with Gasteiger partial charge in [0, 0.05) is 32.4 Å². The highest BCUT2D eigenvalue weighted by Gasteiger charge is 2.68. The minimum absolute atomic E-state index is 0.0219. The van der Waals surface area contributed by atoms with E-state index in [-0.39, 0.29) is 5.91 Å². The fourth-order valence-electron chi connectivity index (χ4n) is 1.95. The summed E-state index contributed by atoms with van der Waals surface area (Å²) < 4.78 is 0.799. The van der Waals surface area contributed by atoms with Gasteiger partial charge in [0.15, 0.2) is 0 Å². The number of halogens is 2. The van der Waals surface area contributed by atoms with E-state index in [1.807, 2.05) is 13.2 Å². The largest absolute Gasteiger partial charge is 0.341 e. The van der Waals surface area contributed by atoms with Crippen molar-refractivity contribution in [3.8, 4) is 0 Å². The topological polar surface area (TPSA) is 38.1 Å². The van der Waals surface area contributed by atoms with Crippen molar-refractivity contribution in [1.29, 1.82) is 0 Å². The molecule has 1 fully saturated rings. The zero-order valence-corrected chi connectivity index (χ0v) is 11.6. The van der Waals surface area contributed by atoms with Gasteiger partial charge in [0.05, 0.1) is 11.6 Å². The van der Waals surface area contributed by atoms with Crippen molar-refractivity contribution in [2.45, 2.75) is 24.2 Å². The summed E-state index contributed by atoms with van der Waals surface area (Å²) in [4.78, 5) is 13.8. The second-order valence-electron chi connectivity index (χ2n) is 4.90. The van der Waals surface area contributed by atoms with Crippen molar-refractivity contribution in [2.75, 3.05) is 7.05 Å². The Morgan fingerprint density at radius 3 is 2.65 bits per heavy atom. The zero-order valence-electron chi connectivity index (χ0n) is 10.1. The van der Waals surface area contributed by atoms with Crippen LogP contribution in [0, 0.1) is 5.41 Å². The maximum atomic E-state index is 12.2. The quantitative estimate of drug-likeness (QED) is 0.791. The van der Waals surface area contributed by atoms with Crippen LogP contribution in [-0.2, 0) is 18.4 Å². The molecular formula is C11H15Cl2N3O. The SMILES string of the molecule is CN(Cc1cnn(C)c1)C(=O)C1(C)CC1(Cl)Cl. The predicted octanol–water partition coefficient (Wildman–Crippen LogP) is 1.96. The van der Waals surface area contributed by atoms with E-state index < -0.39 is 9.75 Å². The average molecular weight is 276 g/mol. The molecule has 0 aliphatic heterocycles. The van der Waals surface area contributed by atoms with E-state index in [9.17, 15) is 4.79 Å². The molecule has 94 valence electrons.